The molecule has 0 unspecified atom stereocenters. The zero-order valence-corrected chi connectivity index (χ0v) is 12.6. The summed E-state index contributed by atoms with van der Waals surface area (Å²) in [6, 6.07) is 13.2. The molecule has 0 radical (unpaired) electrons. The third-order valence-corrected chi connectivity index (χ3v) is 4.12. The van der Waals surface area contributed by atoms with Crippen molar-refractivity contribution >= 4 is 17.5 Å². The Morgan fingerprint density at radius 2 is 2.00 bits per heavy atom. The van der Waals surface area contributed by atoms with E-state index in [1.54, 1.807) is 4.90 Å². The molecule has 0 N–H and O–H groups in total. The van der Waals surface area contributed by atoms with E-state index in [0.717, 1.165) is 35.4 Å². The molecule has 1 aliphatic heterocycles. The summed E-state index contributed by atoms with van der Waals surface area (Å²) >= 11 is 6.14. The molecule has 0 fully saturated rings. The number of benzene rings is 2. The molecule has 0 aromatic heterocycles. The van der Waals surface area contributed by atoms with E-state index in [0.29, 0.717) is 11.6 Å². The van der Waals surface area contributed by atoms with E-state index in [2.05, 4.69) is 0 Å². The van der Waals surface area contributed by atoms with Crippen LogP contribution in [0.5, 0.6) is 5.75 Å². The third-order valence-electron chi connectivity index (χ3n) is 3.75. The van der Waals surface area contributed by atoms with Crippen LogP contribution >= 0.6 is 11.6 Å². The van der Waals surface area contributed by atoms with E-state index in [1.807, 2.05) is 49.5 Å². The number of hydrogen-bond acceptors (Lipinski definition) is 2. The molecule has 0 aliphatic carbocycles. The van der Waals surface area contributed by atoms with E-state index in [4.69, 9.17) is 16.3 Å². The minimum absolute atomic E-state index is 0.0550. The molecule has 1 aliphatic rings. The number of halogens is 1. The van der Waals surface area contributed by atoms with Gasteiger partial charge < -0.3 is 9.64 Å². The molecule has 0 spiro atoms. The van der Waals surface area contributed by atoms with Crippen LogP contribution in [0.15, 0.2) is 42.5 Å². The first-order valence-electron chi connectivity index (χ1n) is 6.90. The van der Waals surface area contributed by atoms with E-state index in [9.17, 15) is 4.79 Å². The van der Waals surface area contributed by atoms with Gasteiger partial charge >= 0.3 is 0 Å². The summed E-state index contributed by atoms with van der Waals surface area (Å²) in [6.07, 6.45) is 0.816. The summed E-state index contributed by atoms with van der Waals surface area (Å²) in [6.45, 7) is 1.12. The highest BCUT2D eigenvalue weighted by atomic mass is 35.5. The van der Waals surface area contributed by atoms with Crippen molar-refractivity contribution in [2.45, 2.75) is 13.0 Å². The van der Waals surface area contributed by atoms with Crippen molar-refractivity contribution in [2.75, 3.05) is 13.6 Å². The van der Waals surface area contributed by atoms with Crippen LogP contribution in [-0.4, -0.2) is 24.4 Å². The molecule has 4 heteroatoms. The Morgan fingerprint density at radius 3 is 2.81 bits per heavy atom. The number of carbonyl (C=O) groups excluding carboxylic acids is 1. The Balaban J connectivity index is 1.84. The summed E-state index contributed by atoms with van der Waals surface area (Å²) < 4.78 is 5.90. The molecule has 2 aromatic rings. The lowest BCUT2D eigenvalue weighted by atomic mass is 9.98. The molecule has 3 rings (SSSR count). The minimum Gasteiger partial charge on any atom is -0.489 e. The summed E-state index contributed by atoms with van der Waals surface area (Å²) in [7, 11) is 1.82. The second kappa shape index (κ2) is 5.78. The molecular formula is C17H16ClNO2. The molecule has 0 bridgehead atoms. The fourth-order valence-corrected chi connectivity index (χ4v) is 2.71. The van der Waals surface area contributed by atoms with Crippen molar-refractivity contribution < 1.29 is 9.53 Å². The zero-order valence-electron chi connectivity index (χ0n) is 11.8. The first-order chi connectivity index (χ1) is 10.2. The van der Waals surface area contributed by atoms with Crippen LogP contribution in [0.4, 0.5) is 0 Å². The second-order valence-electron chi connectivity index (χ2n) is 5.14. The lowest BCUT2D eigenvalue weighted by Gasteiger charge is -2.26. The van der Waals surface area contributed by atoms with Crippen molar-refractivity contribution in [1.82, 2.24) is 4.90 Å². The van der Waals surface area contributed by atoms with Crippen LogP contribution in [0.1, 0.15) is 21.5 Å². The van der Waals surface area contributed by atoms with E-state index >= 15 is 0 Å². The van der Waals surface area contributed by atoms with Crippen LogP contribution in [0.25, 0.3) is 0 Å². The predicted octanol–water partition coefficient (Wildman–Crippen LogP) is 3.55. The van der Waals surface area contributed by atoms with Gasteiger partial charge in [0.15, 0.2) is 0 Å². The topological polar surface area (TPSA) is 29.5 Å². The van der Waals surface area contributed by atoms with Crippen LogP contribution < -0.4 is 4.74 Å². The summed E-state index contributed by atoms with van der Waals surface area (Å²) in [5, 5.41) is 0.693. The van der Waals surface area contributed by atoms with Gasteiger partial charge in [-0.1, -0.05) is 35.9 Å². The molecule has 1 amide bonds. The quantitative estimate of drug-likeness (QED) is 0.868. The first-order valence-corrected chi connectivity index (χ1v) is 7.28. The molecule has 0 atom stereocenters. The van der Waals surface area contributed by atoms with Gasteiger partial charge in [0.2, 0.25) is 0 Å². The van der Waals surface area contributed by atoms with Gasteiger partial charge in [0, 0.05) is 35.3 Å². The zero-order chi connectivity index (χ0) is 14.8. The number of nitrogens with zero attached hydrogens (tertiary/aromatic N) is 1. The number of likely N-dealkylation sites (N-methyl/N-ethyl adjacent to an activating group) is 1. The Kier molecular flexibility index (Phi) is 3.84. The van der Waals surface area contributed by atoms with Gasteiger partial charge in [-0.3, -0.25) is 4.79 Å². The highest BCUT2D eigenvalue weighted by molar-refractivity contribution is 6.31. The maximum Gasteiger partial charge on any atom is 0.254 e. The van der Waals surface area contributed by atoms with Gasteiger partial charge in [0.1, 0.15) is 12.4 Å². The fraction of sp³-hybridized carbons (Fsp3) is 0.235. The number of rotatable bonds is 3. The largest absolute Gasteiger partial charge is 0.489 e. The van der Waals surface area contributed by atoms with Gasteiger partial charge in [-0.15, -0.1) is 0 Å². The maximum absolute atomic E-state index is 12.1. The molecule has 0 saturated carbocycles. The number of ether oxygens (including phenoxy) is 1. The molecular weight excluding hydrogens is 286 g/mol. The lowest BCUT2D eigenvalue weighted by molar-refractivity contribution is 0.0779. The Labute approximate surface area is 129 Å². The summed E-state index contributed by atoms with van der Waals surface area (Å²) in [5.41, 5.74) is 2.67. The van der Waals surface area contributed by atoms with Crippen molar-refractivity contribution in [3.05, 3.63) is 64.2 Å². The van der Waals surface area contributed by atoms with Crippen LogP contribution in [-0.2, 0) is 13.0 Å². The van der Waals surface area contributed by atoms with Crippen molar-refractivity contribution in [2.24, 2.45) is 0 Å². The average Bonchev–Trinajstić information content (AvgIpc) is 2.50. The van der Waals surface area contributed by atoms with Crippen molar-refractivity contribution in [3.8, 4) is 5.75 Å². The normalized spacial score (nSPS) is 14.0. The van der Waals surface area contributed by atoms with Crippen molar-refractivity contribution in [1.29, 1.82) is 0 Å². The van der Waals surface area contributed by atoms with Crippen LogP contribution in [0, 0.1) is 0 Å². The van der Waals surface area contributed by atoms with Gasteiger partial charge in [-0.2, -0.15) is 0 Å². The van der Waals surface area contributed by atoms with Crippen molar-refractivity contribution in [3.63, 3.8) is 0 Å². The summed E-state index contributed by atoms with van der Waals surface area (Å²) in [5.74, 6) is 0.827. The molecule has 3 nitrogen and oxygen atoms in total. The molecule has 2 aromatic carbocycles. The van der Waals surface area contributed by atoms with E-state index in [-0.39, 0.29) is 5.91 Å². The van der Waals surface area contributed by atoms with Crippen LogP contribution in [0.3, 0.4) is 0 Å². The molecule has 108 valence electrons. The predicted molar refractivity (Wildman–Crippen MR) is 82.9 cm³/mol. The second-order valence-corrected chi connectivity index (χ2v) is 5.55. The lowest BCUT2D eigenvalue weighted by Crippen LogP contribution is -2.34. The Bertz CT molecular complexity index is 684. The van der Waals surface area contributed by atoms with Crippen LogP contribution in [0.2, 0.25) is 5.02 Å². The SMILES string of the molecule is CN1CCc2c(OCc3ccccc3Cl)cccc2C1=O. The average molecular weight is 302 g/mol. The number of carbonyl (C=O) groups is 1. The molecule has 1 heterocycles. The summed E-state index contributed by atoms with van der Waals surface area (Å²) in [4.78, 5) is 13.9. The van der Waals surface area contributed by atoms with E-state index < -0.39 is 0 Å². The van der Waals surface area contributed by atoms with E-state index in [1.165, 1.54) is 0 Å². The minimum atomic E-state index is 0.0550. The fourth-order valence-electron chi connectivity index (χ4n) is 2.52. The van der Waals surface area contributed by atoms with Gasteiger partial charge in [-0.05, 0) is 24.6 Å². The molecule has 21 heavy (non-hydrogen) atoms. The number of amides is 1. The standard InChI is InChI=1S/C17H16ClNO2/c1-19-10-9-13-14(17(19)20)6-4-8-16(13)21-11-12-5-2-3-7-15(12)18/h2-8H,9-11H2,1H3. The number of fused-ring (bicyclic) bond motifs is 1. The number of hydrogen-bond donors (Lipinski definition) is 0. The monoisotopic (exact) mass is 301 g/mol. The van der Waals surface area contributed by atoms with Gasteiger partial charge in [0.25, 0.3) is 5.91 Å². The third kappa shape index (κ3) is 2.74. The Morgan fingerprint density at radius 1 is 1.19 bits per heavy atom. The van der Waals surface area contributed by atoms with Gasteiger partial charge in [-0.25, -0.2) is 0 Å². The van der Waals surface area contributed by atoms with Gasteiger partial charge in [0.05, 0.1) is 0 Å². The highest BCUT2D eigenvalue weighted by Crippen LogP contribution is 2.28. The maximum atomic E-state index is 12.1. The molecule has 0 saturated heterocycles. The smallest absolute Gasteiger partial charge is 0.254 e. The Hall–Kier alpha value is -2.00. The first kappa shape index (κ1) is 14.0. The highest BCUT2D eigenvalue weighted by Gasteiger charge is 2.24.